The highest BCUT2D eigenvalue weighted by Crippen LogP contribution is 2.29. The average Bonchev–Trinajstić information content (AvgIpc) is 2.54. The van der Waals surface area contributed by atoms with Crippen LogP contribution >= 0.6 is 0 Å². The van der Waals surface area contributed by atoms with Crippen molar-refractivity contribution in [1.29, 1.82) is 0 Å². The molecule has 3 nitrogen and oxygen atoms in total. The zero-order valence-electron chi connectivity index (χ0n) is 14.7. The molecule has 132 valence electrons. The van der Waals surface area contributed by atoms with Gasteiger partial charge in [0.2, 0.25) is 0 Å². The lowest BCUT2D eigenvalue weighted by Crippen LogP contribution is -2.01. The van der Waals surface area contributed by atoms with Gasteiger partial charge in [-0.2, -0.15) is 8.42 Å². The van der Waals surface area contributed by atoms with E-state index in [4.69, 9.17) is 0 Å². The SMILES string of the molecule is CCCCCc1cc(CCCCC)c2cccc(S(=O)(=O)O)c2c1. The molecule has 0 aliphatic carbocycles. The number of hydrogen-bond acceptors (Lipinski definition) is 2. The molecule has 0 unspecified atom stereocenters. The van der Waals surface area contributed by atoms with Crippen LogP contribution in [0.2, 0.25) is 0 Å². The number of rotatable bonds is 9. The van der Waals surface area contributed by atoms with Gasteiger partial charge in [0.15, 0.2) is 0 Å². The summed E-state index contributed by atoms with van der Waals surface area (Å²) in [6.45, 7) is 4.35. The third-order valence-corrected chi connectivity index (χ3v) is 5.41. The van der Waals surface area contributed by atoms with E-state index in [1.165, 1.54) is 30.0 Å². The predicted molar refractivity (Wildman–Crippen MR) is 100 cm³/mol. The summed E-state index contributed by atoms with van der Waals surface area (Å²) in [5, 5.41) is 1.60. The van der Waals surface area contributed by atoms with E-state index in [-0.39, 0.29) is 4.90 Å². The number of benzene rings is 2. The lowest BCUT2D eigenvalue weighted by atomic mass is 9.95. The lowest BCUT2D eigenvalue weighted by molar-refractivity contribution is 0.484. The molecule has 0 fully saturated rings. The maximum absolute atomic E-state index is 11.7. The van der Waals surface area contributed by atoms with E-state index < -0.39 is 10.1 Å². The van der Waals surface area contributed by atoms with Crippen molar-refractivity contribution in [2.45, 2.75) is 70.1 Å². The topological polar surface area (TPSA) is 54.4 Å². The molecule has 0 heterocycles. The number of hydrogen-bond donors (Lipinski definition) is 1. The van der Waals surface area contributed by atoms with E-state index in [1.807, 2.05) is 12.1 Å². The van der Waals surface area contributed by atoms with E-state index in [9.17, 15) is 13.0 Å². The first-order valence-corrected chi connectivity index (χ1v) is 10.4. The second-order valence-corrected chi connectivity index (χ2v) is 7.89. The Morgan fingerprint density at radius 2 is 1.54 bits per heavy atom. The standard InChI is InChI=1S/C20H28O3S/c1-3-5-7-10-16-14-17(11-8-6-4-2)18-12-9-13-20(19(18)15-16)24(21,22)23/h9,12-15H,3-8,10-11H2,1-2H3,(H,21,22,23). The molecular weight excluding hydrogens is 320 g/mol. The minimum Gasteiger partial charge on any atom is -0.282 e. The average molecular weight is 349 g/mol. The Balaban J connectivity index is 2.51. The van der Waals surface area contributed by atoms with Gasteiger partial charge in [0, 0.05) is 5.39 Å². The lowest BCUT2D eigenvalue weighted by Gasteiger charge is -2.13. The van der Waals surface area contributed by atoms with Crippen molar-refractivity contribution in [1.82, 2.24) is 0 Å². The van der Waals surface area contributed by atoms with Gasteiger partial charge in [0.1, 0.15) is 4.90 Å². The summed E-state index contributed by atoms with van der Waals surface area (Å²) < 4.78 is 33.1. The van der Waals surface area contributed by atoms with Crippen LogP contribution in [-0.2, 0) is 23.0 Å². The van der Waals surface area contributed by atoms with Gasteiger partial charge >= 0.3 is 0 Å². The molecule has 2 aromatic rings. The zero-order chi connectivity index (χ0) is 17.6. The van der Waals surface area contributed by atoms with Crippen LogP contribution in [0.5, 0.6) is 0 Å². The number of aryl methyl sites for hydroxylation is 2. The van der Waals surface area contributed by atoms with Gasteiger partial charge in [-0.1, -0.05) is 57.7 Å². The first-order chi connectivity index (χ1) is 11.5. The van der Waals surface area contributed by atoms with Crippen molar-refractivity contribution in [2.75, 3.05) is 0 Å². The summed E-state index contributed by atoms with van der Waals surface area (Å²) in [5.41, 5.74) is 2.36. The number of fused-ring (bicyclic) bond motifs is 1. The van der Waals surface area contributed by atoms with Crippen molar-refractivity contribution < 1.29 is 13.0 Å². The fraction of sp³-hybridized carbons (Fsp3) is 0.500. The van der Waals surface area contributed by atoms with Crippen molar-refractivity contribution in [2.24, 2.45) is 0 Å². The molecule has 2 rings (SSSR count). The van der Waals surface area contributed by atoms with Gasteiger partial charge in [-0.3, -0.25) is 4.55 Å². The Morgan fingerprint density at radius 1 is 0.875 bits per heavy atom. The summed E-state index contributed by atoms with van der Waals surface area (Å²) in [7, 11) is -4.21. The predicted octanol–water partition coefficient (Wildman–Crippen LogP) is 5.55. The van der Waals surface area contributed by atoms with Crippen LogP contribution in [0.1, 0.15) is 63.5 Å². The van der Waals surface area contributed by atoms with E-state index >= 15 is 0 Å². The Hall–Kier alpha value is -1.39. The molecule has 0 spiro atoms. The maximum atomic E-state index is 11.7. The fourth-order valence-corrected chi connectivity index (χ4v) is 3.92. The zero-order valence-corrected chi connectivity index (χ0v) is 15.5. The third-order valence-electron chi connectivity index (χ3n) is 4.50. The molecular formula is C20H28O3S. The highest BCUT2D eigenvalue weighted by Gasteiger charge is 2.16. The summed E-state index contributed by atoms with van der Waals surface area (Å²) in [6.07, 6.45) is 8.75. The second-order valence-electron chi connectivity index (χ2n) is 6.50. The van der Waals surface area contributed by atoms with Crippen LogP contribution < -0.4 is 0 Å². The highest BCUT2D eigenvalue weighted by atomic mass is 32.2. The van der Waals surface area contributed by atoms with Crippen molar-refractivity contribution in [3.63, 3.8) is 0 Å². The molecule has 24 heavy (non-hydrogen) atoms. The van der Waals surface area contributed by atoms with Crippen molar-refractivity contribution >= 4 is 20.9 Å². The van der Waals surface area contributed by atoms with E-state index in [1.54, 1.807) is 6.07 Å². The van der Waals surface area contributed by atoms with Gasteiger partial charge in [-0.25, -0.2) is 0 Å². The third kappa shape index (κ3) is 4.81. The van der Waals surface area contributed by atoms with Crippen LogP contribution in [0.4, 0.5) is 0 Å². The second kappa shape index (κ2) is 8.63. The molecule has 0 aliphatic rings. The Morgan fingerprint density at radius 3 is 2.17 bits per heavy atom. The Kier molecular flexibility index (Phi) is 6.81. The molecule has 4 heteroatoms. The molecule has 2 aromatic carbocycles. The minimum absolute atomic E-state index is 0.0223. The van der Waals surface area contributed by atoms with Crippen LogP contribution in [0, 0.1) is 0 Å². The molecule has 0 saturated heterocycles. The fourth-order valence-electron chi connectivity index (χ4n) is 3.22. The van der Waals surface area contributed by atoms with Gasteiger partial charge in [-0.05, 0) is 54.3 Å². The summed E-state index contributed by atoms with van der Waals surface area (Å²) in [6, 6.07) is 9.33. The minimum atomic E-state index is -4.21. The van der Waals surface area contributed by atoms with Crippen LogP contribution in [0.3, 0.4) is 0 Å². The van der Waals surface area contributed by atoms with Crippen molar-refractivity contribution in [3.8, 4) is 0 Å². The Labute approximate surface area is 145 Å². The van der Waals surface area contributed by atoms with Crippen LogP contribution in [-0.4, -0.2) is 13.0 Å². The van der Waals surface area contributed by atoms with Crippen LogP contribution in [0.25, 0.3) is 10.8 Å². The van der Waals surface area contributed by atoms with Crippen LogP contribution in [0.15, 0.2) is 35.2 Å². The molecule has 0 saturated carbocycles. The smallest absolute Gasteiger partial charge is 0.282 e. The summed E-state index contributed by atoms with van der Waals surface area (Å²) >= 11 is 0. The van der Waals surface area contributed by atoms with Gasteiger partial charge < -0.3 is 0 Å². The number of unbranched alkanes of at least 4 members (excludes halogenated alkanes) is 4. The molecule has 0 atom stereocenters. The molecule has 0 bridgehead atoms. The summed E-state index contributed by atoms with van der Waals surface area (Å²) in [5.74, 6) is 0. The highest BCUT2D eigenvalue weighted by molar-refractivity contribution is 7.86. The molecule has 0 aliphatic heterocycles. The Bertz CT molecular complexity index is 779. The molecule has 0 aromatic heterocycles. The quantitative estimate of drug-likeness (QED) is 0.477. The van der Waals surface area contributed by atoms with E-state index in [0.29, 0.717) is 5.39 Å². The molecule has 0 amide bonds. The van der Waals surface area contributed by atoms with Gasteiger partial charge in [0.05, 0.1) is 0 Å². The maximum Gasteiger partial charge on any atom is 0.295 e. The summed E-state index contributed by atoms with van der Waals surface area (Å²) in [4.78, 5) is 0.0223. The molecule has 1 N–H and O–H groups in total. The first-order valence-electron chi connectivity index (χ1n) is 8.99. The largest absolute Gasteiger partial charge is 0.295 e. The van der Waals surface area contributed by atoms with Gasteiger partial charge in [0.25, 0.3) is 10.1 Å². The van der Waals surface area contributed by atoms with E-state index in [2.05, 4.69) is 19.9 Å². The molecule has 0 radical (unpaired) electrons. The van der Waals surface area contributed by atoms with Gasteiger partial charge in [-0.15, -0.1) is 0 Å². The van der Waals surface area contributed by atoms with Crippen molar-refractivity contribution in [3.05, 3.63) is 41.5 Å². The monoisotopic (exact) mass is 348 g/mol. The van der Waals surface area contributed by atoms with E-state index in [0.717, 1.165) is 43.9 Å². The normalized spacial score (nSPS) is 12.0. The first kappa shape index (κ1) is 18.9.